The van der Waals surface area contributed by atoms with Crippen LogP contribution >= 0.6 is 0 Å². The van der Waals surface area contributed by atoms with Crippen LogP contribution in [0, 0.1) is 5.82 Å². The molecule has 6 nitrogen and oxygen atoms in total. The summed E-state index contributed by atoms with van der Waals surface area (Å²) in [5.74, 6) is -2.21. The number of hydrogen-bond donors (Lipinski definition) is 1. The lowest BCUT2D eigenvalue weighted by molar-refractivity contribution is -0.117. The van der Waals surface area contributed by atoms with Gasteiger partial charge in [-0.05, 0) is 54.1 Å². The zero-order valence-corrected chi connectivity index (χ0v) is 18.3. The largest absolute Gasteiger partial charge is 0.502 e. The summed E-state index contributed by atoms with van der Waals surface area (Å²) in [6.07, 6.45) is 0. The van der Waals surface area contributed by atoms with Crippen LogP contribution in [-0.2, 0) is 14.6 Å². The maximum absolute atomic E-state index is 13.5. The standard InChI is InChI=1S/C24H21FN2O4S/c1-26(2)18-12-8-16(9-13-18)21-23(32(30,31)20-6-4-3-5-7-20)22(28)24(29)27(21)19-14-10-17(25)11-15-19/h3-15,21,28H,1-2H3/t21-/m1/s1. The molecule has 0 spiro atoms. The van der Waals surface area contributed by atoms with Gasteiger partial charge in [0.15, 0.2) is 5.76 Å². The summed E-state index contributed by atoms with van der Waals surface area (Å²) in [5, 5.41) is 10.7. The SMILES string of the molecule is CN(C)c1ccc([C@@H]2C(S(=O)(=O)c3ccccc3)=C(O)C(=O)N2c2ccc(F)cc2)cc1. The molecule has 1 aliphatic rings. The van der Waals surface area contributed by atoms with Crippen LogP contribution in [-0.4, -0.2) is 33.5 Å². The molecular weight excluding hydrogens is 431 g/mol. The molecule has 3 aromatic rings. The molecule has 0 fully saturated rings. The summed E-state index contributed by atoms with van der Waals surface area (Å²) in [6.45, 7) is 0. The minimum atomic E-state index is -4.21. The van der Waals surface area contributed by atoms with Crippen molar-refractivity contribution in [2.24, 2.45) is 0 Å². The first-order chi connectivity index (χ1) is 15.2. The van der Waals surface area contributed by atoms with Crippen LogP contribution in [0.1, 0.15) is 11.6 Å². The summed E-state index contributed by atoms with van der Waals surface area (Å²) >= 11 is 0. The molecule has 164 valence electrons. The van der Waals surface area contributed by atoms with Crippen LogP contribution in [0.4, 0.5) is 15.8 Å². The van der Waals surface area contributed by atoms with Gasteiger partial charge in [-0.1, -0.05) is 30.3 Å². The zero-order chi connectivity index (χ0) is 23.0. The van der Waals surface area contributed by atoms with Crippen molar-refractivity contribution in [3.05, 3.63) is 101 Å². The number of benzene rings is 3. The number of rotatable bonds is 5. The second-order valence-corrected chi connectivity index (χ2v) is 9.49. The number of nitrogens with zero attached hydrogens (tertiary/aromatic N) is 2. The Balaban J connectivity index is 1.92. The Bertz CT molecular complexity index is 1290. The van der Waals surface area contributed by atoms with Gasteiger partial charge >= 0.3 is 0 Å². The van der Waals surface area contributed by atoms with E-state index >= 15 is 0 Å². The van der Waals surface area contributed by atoms with E-state index in [9.17, 15) is 22.7 Å². The predicted octanol–water partition coefficient (Wildman–Crippen LogP) is 4.22. The third-order valence-electron chi connectivity index (χ3n) is 5.33. The lowest BCUT2D eigenvalue weighted by Crippen LogP contribution is -2.31. The van der Waals surface area contributed by atoms with Crippen molar-refractivity contribution in [2.75, 3.05) is 23.9 Å². The van der Waals surface area contributed by atoms with Crippen molar-refractivity contribution >= 4 is 27.1 Å². The van der Waals surface area contributed by atoms with E-state index in [4.69, 9.17) is 0 Å². The molecule has 0 aromatic heterocycles. The number of aliphatic hydroxyl groups is 1. The average Bonchev–Trinajstić information content (AvgIpc) is 3.06. The van der Waals surface area contributed by atoms with E-state index in [0.717, 1.165) is 5.69 Å². The van der Waals surface area contributed by atoms with Crippen LogP contribution in [0.5, 0.6) is 0 Å². The van der Waals surface area contributed by atoms with Gasteiger partial charge in [-0.3, -0.25) is 9.69 Å². The van der Waals surface area contributed by atoms with Gasteiger partial charge < -0.3 is 10.0 Å². The molecular formula is C24H21FN2O4S. The van der Waals surface area contributed by atoms with Gasteiger partial charge in [-0.25, -0.2) is 12.8 Å². The van der Waals surface area contributed by atoms with E-state index in [2.05, 4.69) is 0 Å². The molecule has 1 atom stereocenters. The van der Waals surface area contributed by atoms with Crippen LogP contribution in [0.15, 0.2) is 94.4 Å². The van der Waals surface area contributed by atoms with Crippen molar-refractivity contribution < 1.29 is 22.7 Å². The lowest BCUT2D eigenvalue weighted by Gasteiger charge is -2.27. The monoisotopic (exact) mass is 452 g/mol. The highest BCUT2D eigenvalue weighted by Gasteiger charge is 2.47. The normalized spacial score (nSPS) is 16.5. The van der Waals surface area contributed by atoms with E-state index < -0.39 is 38.3 Å². The number of amides is 1. The fourth-order valence-electron chi connectivity index (χ4n) is 3.71. The quantitative estimate of drug-likeness (QED) is 0.627. The third-order valence-corrected chi connectivity index (χ3v) is 7.22. The van der Waals surface area contributed by atoms with Crippen molar-refractivity contribution in [2.45, 2.75) is 10.9 Å². The van der Waals surface area contributed by atoms with Gasteiger partial charge in [-0.15, -0.1) is 0 Å². The zero-order valence-electron chi connectivity index (χ0n) is 17.4. The predicted molar refractivity (Wildman–Crippen MR) is 121 cm³/mol. The van der Waals surface area contributed by atoms with E-state index in [1.165, 1.54) is 41.3 Å². The molecule has 0 aliphatic carbocycles. The molecule has 1 amide bonds. The Kier molecular flexibility index (Phi) is 5.48. The van der Waals surface area contributed by atoms with E-state index in [-0.39, 0.29) is 10.6 Å². The van der Waals surface area contributed by atoms with Crippen LogP contribution in [0.3, 0.4) is 0 Å². The molecule has 0 unspecified atom stereocenters. The molecule has 1 heterocycles. The third kappa shape index (κ3) is 3.62. The summed E-state index contributed by atoms with van der Waals surface area (Å²) < 4.78 is 40.5. The topological polar surface area (TPSA) is 77.9 Å². The highest BCUT2D eigenvalue weighted by molar-refractivity contribution is 7.95. The lowest BCUT2D eigenvalue weighted by atomic mass is 10.1. The molecule has 32 heavy (non-hydrogen) atoms. The molecule has 0 bridgehead atoms. The second-order valence-electron chi connectivity index (χ2n) is 7.57. The van der Waals surface area contributed by atoms with E-state index in [1.54, 1.807) is 42.5 Å². The fraction of sp³-hybridized carbons (Fsp3) is 0.125. The minimum absolute atomic E-state index is 0.0368. The van der Waals surface area contributed by atoms with Gasteiger partial charge in [0.05, 0.1) is 4.90 Å². The molecule has 3 aromatic carbocycles. The average molecular weight is 453 g/mol. The number of anilines is 2. The van der Waals surface area contributed by atoms with Crippen LogP contribution in [0.25, 0.3) is 0 Å². The molecule has 0 radical (unpaired) electrons. The van der Waals surface area contributed by atoms with Crippen LogP contribution in [0.2, 0.25) is 0 Å². The highest BCUT2D eigenvalue weighted by atomic mass is 32.2. The number of hydrogen-bond acceptors (Lipinski definition) is 5. The first-order valence-electron chi connectivity index (χ1n) is 9.81. The molecule has 0 saturated heterocycles. The van der Waals surface area contributed by atoms with Gasteiger partial charge in [-0.2, -0.15) is 0 Å². The molecule has 8 heteroatoms. The van der Waals surface area contributed by atoms with Crippen molar-refractivity contribution in [1.82, 2.24) is 0 Å². The number of aliphatic hydroxyl groups excluding tert-OH is 1. The summed E-state index contributed by atoms with van der Waals surface area (Å²) in [7, 11) is -0.469. The smallest absolute Gasteiger partial charge is 0.295 e. The Morgan fingerprint density at radius 2 is 1.50 bits per heavy atom. The number of carbonyl (C=O) groups excluding carboxylic acids is 1. The van der Waals surface area contributed by atoms with Gasteiger partial charge in [0.1, 0.15) is 16.8 Å². The van der Waals surface area contributed by atoms with Crippen molar-refractivity contribution in [1.29, 1.82) is 0 Å². The Morgan fingerprint density at radius 3 is 2.06 bits per heavy atom. The molecule has 0 saturated carbocycles. The fourth-order valence-corrected chi connectivity index (χ4v) is 5.35. The Morgan fingerprint density at radius 1 is 0.906 bits per heavy atom. The Hall–Kier alpha value is -3.65. The minimum Gasteiger partial charge on any atom is -0.502 e. The molecule has 4 rings (SSSR count). The van der Waals surface area contributed by atoms with E-state index in [0.29, 0.717) is 5.56 Å². The van der Waals surface area contributed by atoms with Gasteiger partial charge in [0, 0.05) is 25.5 Å². The summed E-state index contributed by atoms with van der Waals surface area (Å²) in [6, 6.07) is 18.6. The highest BCUT2D eigenvalue weighted by Crippen LogP contribution is 2.45. The second kappa shape index (κ2) is 8.12. The summed E-state index contributed by atoms with van der Waals surface area (Å²) in [5.41, 5.74) is 1.64. The summed E-state index contributed by atoms with van der Waals surface area (Å²) in [4.78, 5) is 15.7. The maximum Gasteiger partial charge on any atom is 0.295 e. The number of carbonyl (C=O) groups is 1. The van der Waals surface area contributed by atoms with Crippen LogP contribution < -0.4 is 9.80 Å². The van der Waals surface area contributed by atoms with E-state index in [1.807, 2.05) is 19.0 Å². The first kappa shape index (κ1) is 21.6. The number of halogens is 1. The van der Waals surface area contributed by atoms with Crippen molar-refractivity contribution in [3.63, 3.8) is 0 Å². The van der Waals surface area contributed by atoms with Gasteiger partial charge in [0.2, 0.25) is 9.84 Å². The van der Waals surface area contributed by atoms with Crippen molar-refractivity contribution in [3.8, 4) is 0 Å². The number of sulfone groups is 1. The molecule has 1 N–H and O–H groups in total. The molecule has 1 aliphatic heterocycles. The Labute approximate surface area is 185 Å². The van der Waals surface area contributed by atoms with Gasteiger partial charge in [0.25, 0.3) is 5.91 Å². The maximum atomic E-state index is 13.5. The first-order valence-corrected chi connectivity index (χ1v) is 11.3.